The Hall–Kier alpha value is -4.25. The number of nitrogens with zero attached hydrogens (tertiary/aromatic N) is 5. The molecule has 0 saturated carbocycles. The summed E-state index contributed by atoms with van der Waals surface area (Å²) in [5.41, 5.74) is 4.50. The summed E-state index contributed by atoms with van der Waals surface area (Å²) >= 11 is 0. The number of rotatable bonds is 3. The van der Waals surface area contributed by atoms with Gasteiger partial charge in [0.15, 0.2) is 0 Å². The number of pyridine rings is 3. The van der Waals surface area contributed by atoms with E-state index in [2.05, 4.69) is 30.5 Å². The van der Waals surface area contributed by atoms with Crippen LogP contribution in [-0.4, -0.2) is 57.7 Å². The fourth-order valence-electron chi connectivity index (χ4n) is 4.94. The molecule has 2 N–H and O–H groups in total. The normalized spacial score (nSPS) is 18.5. The summed E-state index contributed by atoms with van der Waals surface area (Å²) in [4.78, 5) is 28.6. The average molecular weight is 473 g/mol. The van der Waals surface area contributed by atoms with E-state index >= 15 is 0 Å². The highest BCUT2D eigenvalue weighted by Gasteiger charge is 2.32. The van der Waals surface area contributed by atoms with E-state index in [4.69, 9.17) is 9.47 Å². The Kier molecular flexibility index (Phi) is 4.40. The standard InChI is InChI=1S/C24H20FN7O3/c25-13-3-4-32-18(10-26-20(32)7-13)22-15-8-28-23(33)21(15)16(9-27-22)29-19-2-1-17-24(30-19)35-12-14-11-34-6-5-31(14)17/h1-4,7,9-10,14H,5-6,8,11-12H2,(H,28,33)(H,29,30)/t14-/m1/s1. The van der Waals surface area contributed by atoms with Gasteiger partial charge in [-0.05, 0) is 18.2 Å². The first-order valence-electron chi connectivity index (χ1n) is 11.3. The summed E-state index contributed by atoms with van der Waals surface area (Å²) in [6, 6.07) is 6.75. The van der Waals surface area contributed by atoms with Crippen LogP contribution < -0.4 is 20.3 Å². The molecule has 0 radical (unpaired) electrons. The van der Waals surface area contributed by atoms with Crippen LogP contribution in [0.25, 0.3) is 17.0 Å². The van der Waals surface area contributed by atoms with E-state index in [1.807, 2.05) is 12.1 Å². The summed E-state index contributed by atoms with van der Waals surface area (Å²) in [5.74, 6) is 0.542. The number of aromatic nitrogens is 4. The summed E-state index contributed by atoms with van der Waals surface area (Å²) in [6.45, 7) is 2.96. The third-order valence-electron chi connectivity index (χ3n) is 6.60. The maximum Gasteiger partial charge on any atom is 0.254 e. The van der Waals surface area contributed by atoms with Crippen molar-refractivity contribution in [2.45, 2.75) is 12.6 Å². The van der Waals surface area contributed by atoms with Gasteiger partial charge in [-0.3, -0.25) is 14.2 Å². The number of amides is 1. The van der Waals surface area contributed by atoms with Gasteiger partial charge < -0.3 is 25.0 Å². The summed E-state index contributed by atoms with van der Waals surface area (Å²) in [7, 11) is 0. The second kappa shape index (κ2) is 7.64. The van der Waals surface area contributed by atoms with Gasteiger partial charge in [0.25, 0.3) is 5.91 Å². The number of halogens is 1. The van der Waals surface area contributed by atoms with Crippen LogP contribution in [0.4, 0.5) is 21.6 Å². The van der Waals surface area contributed by atoms with Gasteiger partial charge in [-0.2, -0.15) is 4.98 Å². The predicted molar refractivity (Wildman–Crippen MR) is 125 cm³/mol. The van der Waals surface area contributed by atoms with E-state index in [9.17, 15) is 9.18 Å². The zero-order valence-electron chi connectivity index (χ0n) is 18.5. The number of morpholine rings is 1. The van der Waals surface area contributed by atoms with Crippen LogP contribution in [0.2, 0.25) is 0 Å². The van der Waals surface area contributed by atoms with E-state index in [0.29, 0.717) is 66.3 Å². The number of fused-ring (bicyclic) bond motifs is 5. The number of carbonyl (C=O) groups excluding carboxylic acids is 1. The Labute approximate surface area is 198 Å². The molecule has 3 aliphatic heterocycles. The Balaban J connectivity index is 1.25. The molecule has 0 aromatic carbocycles. The lowest BCUT2D eigenvalue weighted by molar-refractivity contribution is 0.0693. The number of ether oxygens (including phenoxy) is 2. The molecule has 176 valence electrons. The molecule has 35 heavy (non-hydrogen) atoms. The SMILES string of the molecule is O=C1NCc2c(-c3cnc4cc(F)ccn34)ncc(Nc3ccc4c(n3)OC[C@H]3COCCN43)c21. The number of carbonyl (C=O) groups is 1. The highest BCUT2D eigenvalue weighted by Crippen LogP contribution is 2.37. The van der Waals surface area contributed by atoms with Crippen LogP contribution in [0.1, 0.15) is 15.9 Å². The molecule has 4 aromatic heterocycles. The van der Waals surface area contributed by atoms with Crippen LogP contribution >= 0.6 is 0 Å². The highest BCUT2D eigenvalue weighted by atomic mass is 19.1. The lowest BCUT2D eigenvalue weighted by atomic mass is 10.1. The van der Waals surface area contributed by atoms with Gasteiger partial charge in [-0.25, -0.2) is 9.37 Å². The number of nitrogens with one attached hydrogen (secondary N) is 2. The van der Waals surface area contributed by atoms with E-state index in [1.165, 1.54) is 12.1 Å². The minimum absolute atomic E-state index is 0.191. The Morgan fingerprint density at radius 1 is 1.17 bits per heavy atom. The minimum atomic E-state index is -0.366. The summed E-state index contributed by atoms with van der Waals surface area (Å²) in [6.07, 6.45) is 4.85. The molecule has 0 bridgehead atoms. The van der Waals surface area contributed by atoms with Gasteiger partial charge in [0, 0.05) is 30.9 Å². The molecule has 1 amide bonds. The molecule has 0 unspecified atom stereocenters. The van der Waals surface area contributed by atoms with Crippen molar-refractivity contribution in [3.05, 3.63) is 59.8 Å². The number of imidazole rings is 1. The van der Waals surface area contributed by atoms with Gasteiger partial charge >= 0.3 is 0 Å². The maximum absolute atomic E-state index is 13.6. The molecule has 7 rings (SSSR count). The average Bonchev–Trinajstić information content (AvgIpc) is 3.48. The number of hydrogen-bond donors (Lipinski definition) is 2. The molecule has 4 aromatic rings. The van der Waals surface area contributed by atoms with E-state index in [1.54, 1.807) is 23.0 Å². The van der Waals surface area contributed by atoms with Crippen LogP contribution in [0.3, 0.4) is 0 Å². The van der Waals surface area contributed by atoms with Crippen molar-refractivity contribution in [2.75, 3.05) is 36.6 Å². The molecule has 1 saturated heterocycles. The molecule has 0 aliphatic carbocycles. The van der Waals surface area contributed by atoms with E-state index in [-0.39, 0.29) is 17.8 Å². The number of anilines is 3. The second-order valence-corrected chi connectivity index (χ2v) is 8.65. The second-order valence-electron chi connectivity index (χ2n) is 8.65. The first-order valence-corrected chi connectivity index (χ1v) is 11.3. The molecular weight excluding hydrogens is 453 g/mol. The molecule has 7 heterocycles. The van der Waals surface area contributed by atoms with Crippen molar-refractivity contribution in [3.63, 3.8) is 0 Å². The zero-order valence-corrected chi connectivity index (χ0v) is 18.5. The zero-order chi connectivity index (χ0) is 23.5. The fourth-order valence-corrected chi connectivity index (χ4v) is 4.94. The van der Waals surface area contributed by atoms with Crippen molar-refractivity contribution in [1.82, 2.24) is 24.7 Å². The van der Waals surface area contributed by atoms with Crippen LogP contribution in [-0.2, 0) is 11.3 Å². The van der Waals surface area contributed by atoms with E-state index < -0.39 is 0 Å². The largest absolute Gasteiger partial charge is 0.474 e. The highest BCUT2D eigenvalue weighted by molar-refractivity contribution is 6.05. The van der Waals surface area contributed by atoms with Gasteiger partial charge in [-0.1, -0.05) is 0 Å². The molecule has 3 aliphatic rings. The minimum Gasteiger partial charge on any atom is -0.474 e. The third-order valence-corrected chi connectivity index (χ3v) is 6.60. The fraction of sp³-hybridized carbons (Fsp3) is 0.250. The monoisotopic (exact) mass is 473 g/mol. The van der Waals surface area contributed by atoms with Gasteiger partial charge in [0.2, 0.25) is 5.88 Å². The van der Waals surface area contributed by atoms with Crippen LogP contribution in [0, 0.1) is 5.82 Å². The third kappa shape index (κ3) is 3.19. The first-order chi connectivity index (χ1) is 17.2. The molecule has 1 fully saturated rings. The molecule has 0 spiro atoms. The molecular formula is C24H20FN7O3. The van der Waals surface area contributed by atoms with Crippen LogP contribution in [0.5, 0.6) is 5.88 Å². The first kappa shape index (κ1) is 20.2. The predicted octanol–water partition coefficient (Wildman–Crippen LogP) is 2.52. The van der Waals surface area contributed by atoms with Gasteiger partial charge in [-0.15, -0.1) is 0 Å². The Bertz CT molecular complexity index is 1500. The van der Waals surface area contributed by atoms with Crippen molar-refractivity contribution in [3.8, 4) is 17.3 Å². The molecule has 10 nitrogen and oxygen atoms in total. The Morgan fingerprint density at radius 2 is 2.11 bits per heavy atom. The van der Waals surface area contributed by atoms with E-state index in [0.717, 1.165) is 17.8 Å². The Morgan fingerprint density at radius 3 is 3.06 bits per heavy atom. The van der Waals surface area contributed by atoms with Crippen LogP contribution in [0.15, 0.2) is 42.9 Å². The van der Waals surface area contributed by atoms with Crippen molar-refractivity contribution < 1.29 is 18.7 Å². The van der Waals surface area contributed by atoms with Crippen molar-refractivity contribution >= 4 is 28.7 Å². The molecule has 1 atom stereocenters. The van der Waals surface area contributed by atoms with Gasteiger partial charge in [0.05, 0.1) is 54.3 Å². The van der Waals surface area contributed by atoms with Gasteiger partial charge in [0.1, 0.15) is 29.6 Å². The smallest absolute Gasteiger partial charge is 0.254 e. The summed E-state index contributed by atoms with van der Waals surface area (Å²) < 4.78 is 26.8. The van der Waals surface area contributed by atoms with Crippen molar-refractivity contribution in [2.24, 2.45) is 0 Å². The quantitative estimate of drug-likeness (QED) is 0.468. The molecule has 11 heteroatoms. The van der Waals surface area contributed by atoms with Crippen molar-refractivity contribution in [1.29, 1.82) is 0 Å². The lowest BCUT2D eigenvalue weighted by Gasteiger charge is -2.40. The topological polar surface area (TPSA) is 106 Å². The number of hydrogen-bond acceptors (Lipinski definition) is 8. The summed E-state index contributed by atoms with van der Waals surface area (Å²) in [5, 5.41) is 6.12. The maximum atomic E-state index is 13.6. The lowest BCUT2D eigenvalue weighted by Crippen LogP contribution is -2.51.